The van der Waals surface area contributed by atoms with Gasteiger partial charge in [0.05, 0.1) is 10.6 Å². The van der Waals surface area contributed by atoms with Crippen LogP contribution in [0.4, 0.5) is 5.82 Å². The molecule has 5 nitrogen and oxygen atoms in total. The number of anilines is 1. The normalized spacial score (nSPS) is 11.0. The van der Waals surface area contributed by atoms with Gasteiger partial charge in [0.1, 0.15) is 5.82 Å². The largest absolute Gasteiger partial charge is 0.478 e. The molecule has 0 atom stereocenters. The molecule has 0 aliphatic rings. The summed E-state index contributed by atoms with van der Waals surface area (Å²) in [5.74, 6) is -0.519. The fourth-order valence-corrected chi connectivity index (χ4v) is 1.53. The molecule has 0 saturated carbocycles. The lowest BCUT2D eigenvalue weighted by molar-refractivity contribution is 0.0696. The summed E-state index contributed by atoms with van der Waals surface area (Å²) in [6, 6.07) is 1.87. The van der Waals surface area contributed by atoms with Crippen LogP contribution in [0.5, 0.6) is 0 Å². The van der Waals surface area contributed by atoms with Crippen LogP contribution in [0.2, 0.25) is 5.02 Å². The second-order valence-corrected chi connectivity index (χ2v) is 4.77. The highest BCUT2D eigenvalue weighted by molar-refractivity contribution is 6.33. The summed E-state index contributed by atoms with van der Waals surface area (Å²) in [4.78, 5) is 16.9. The van der Waals surface area contributed by atoms with Crippen LogP contribution < -0.4 is 5.32 Å². The van der Waals surface area contributed by atoms with E-state index in [0.717, 1.165) is 6.54 Å². The van der Waals surface area contributed by atoms with E-state index in [4.69, 9.17) is 16.7 Å². The first-order chi connectivity index (χ1) is 8.41. The maximum Gasteiger partial charge on any atom is 0.337 e. The fourth-order valence-electron chi connectivity index (χ4n) is 1.29. The molecular formula is C12H18ClN3O2. The second-order valence-electron chi connectivity index (χ2n) is 4.36. The molecule has 0 radical (unpaired) electrons. The molecule has 0 spiro atoms. The van der Waals surface area contributed by atoms with Crippen molar-refractivity contribution >= 4 is 23.4 Å². The molecule has 6 heteroatoms. The lowest BCUT2D eigenvalue weighted by atomic mass is 10.3. The molecule has 0 aromatic carbocycles. The van der Waals surface area contributed by atoms with Gasteiger partial charge in [0.2, 0.25) is 0 Å². The molecule has 0 aliphatic carbocycles. The number of hydrogen-bond donors (Lipinski definition) is 2. The summed E-state index contributed by atoms with van der Waals surface area (Å²) < 4.78 is 0. The number of pyridine rings is 1. The van der Waals surface area contributed by atoms with Gasteiger partial charge in [-0.25, -0.2) is 9.78 Å². The first kappa shape index (κ1) is 14.7. The number of carboxylic acids is 1. The van der Waals surface area contributed by atoms with Crippen LogP contribution in [-0.4, -0.2) is 47.1 Å². The Hall–Kier alpha value is -1.33. The van der Waals surface area contributed by atoms with Gasteiger partial charge >= 0.3 is 5.97 Å². The molecule has 0 aliphatic heterocycles. The SMILES string of the molecule is CC(C)N(C)CCNc1ncc(C(=O)O)cc1Cl. The van der Waals surface area contributed by atoms with Crippen molar-refractivity contribution in [3.05, 3.63) is 22.8 Å². The lowest BCUT2D eigenvalue weighted by Gasteiger charge is -2.21. The van der Waals surface area contributed by atoms with E-state index in [-0.39, 0.29) is 5.56 Å². The van der Waals surface area contributed by atoms with Crippen molar-refractivity contribution in [1.29, 1.82) is 0 Å². The monoisotopic (exact) mass is 271 g/mol. The maximum atomic E-state index is 10.7. The van der Waals surface area contributed by atoms with E-state index in [1.165, 1.54) is 12.3 Å². The smallest absolute Gasteiger partial charge is 0.337 e. The van der Waals surface area contributed by atoms with E-state index in [1.54, 1.807) is 0 Å². The highest BCUT2D eigenvalue weighted by Gasteiger charge is 2.08. The van der Waals surface area contributed by atoms with E-state index in [0.29, 0.717) is 23.4 Å². The van der Waals surface area contributed by atoms with Crippen molar-refractivity contribution in [2.24, 2.45) is 0 Å². The Balaban J connectivity index is 2.56. The van der Waals surface area contributed by atoms with Crippen molar-refractivity contribution in [2.75, 3.05) is 25.5 Å². The Bertz CT molecular complexity index is 424. The maximum absolute atomic E-state index is 10.7. The van der Waals surface area contributed by atoms with Crippen LogP contribution in [0.1, 0.15) is 24.2 Å². The van der Waals surface area contributed by atoms with E-state index in [2.05, 4.69) is 29.0 Å². The summed E-state index contributed by atoms with van der Waals surface area (Å²) >= 11 is 5.95. The Morgan fingerprint density at radius 1 is 1.61 bits per heavy atom. The summed E-state index contributed by atoms with van der Waals surface area (Å²) in [6.45, 7) is 5.80. The minimum absolute atomic E-state index is 0.0878. The van der Waals surface area contributed by atoms with Gasteiger partial charge < -0.3 is 15.3 Å². The third-order valence-electron chi connectivity index (χ3n) is 2.73. The number of hydrogen-bond acceptors (Lipinski definition) is 4. The van der Waals surface area contributed by atoms with Gasteiger partial charge in [-0.3, -0.25) is 0 Å². The molecule has 18 heavy (non-hydrogen) atoms. The zero-order valence-corrected chi connectivity index (χ0v) is 11.5. The molecule has 0 amide bonds. The highest BCUT2D eigenvalue weighted by atomic mass is 35.5. The van der Waals surface area contributed by atoms with Crippen molar-refractivity contribution in [1.82, 2.24) is 9.88 Å². The van der Waals surface area contributed by atoms with Gasteiger partial charge in [0, 0.05) is 25.3 Å². The van der Waals surface area contributed by atoms with Crippen molar-refractivity contribution in [2.45, 2.75) is 19.9 Å². The van der Waals surface area contributed by atoms with Crippen LogP contribution in [0, 0.1) is 0 Å². The van der Waals surface area contributed by atoms with Crippen molar-refractivity contribution in [3.63, 3.8) is 0 Å². The fraction of sp³-hybridized carbons (Fsp3) is 0.500. The molecule has 1 aromatic rings. The summed E-state index contributed by atoms with van der Waals surface area (Å²) in [7, 11) is 2.04. The van der Waals surface area contributed by atoms with Crippen LogP contribution in [-0.2, 0) is 0 Å². The molecule has 0 unspecified atom stereocenters. The van der Waals surface area contributed by atoms with Gasteiger partial charge in [-0.05, 0) is 27.0 Å². The lowest BCUT2D eigenvalue weighted by Crippen LogP contribution is -2.31. The molecule has 0 saturated heterocycles. The molecule has 2 N–H and O–H groups in total. The minimum atomic E-state index is -1.03. The van der Waals surface area contributed by atoms with Gasteiger partial charge in [0.25, 0.3) is 0 Å². The molecule has 1 aromatic heterocycles. The van der Waals surface area contributed by atoms with E-state index >= 15 is 0 Å². The van der Waals surface area contributed by atoms with Crippen molar-refractivity contribution in [3.8, 4) is 0 Å². The molecule has 100 valence electrons. The third kappa shape index (κ3) is 4.16. The zero-order chi connectivity index (χ0) is 13.7. The third-order valence-corrected chi connectivity index (χ3v) is 3.01. The average Bonchev–Trinajstić information content (AvgIpc) is 2.30. The number of carboxylic acid groups (broad SMARTS) is 1. The van der Waals surface area contributed by atoms with Crippen LogP contribution in [0.25, 0.3) is 0 Å². The van der Waals surface area contributed by atoms with E-state index in [1.807, 2.05) is 7.05 Å². The molecule has 1 heterocycles. The average molecular weight is 272 g/mol. The molecular weight excluding hydrogens is 254 g/mol. The highest BCUT2D eigenvalue weighted by Crippen LogP contribution is 2.19. The Morgan fingerprint density at radius 2 is 2.28 bits per heavy atom. The van der Waals surface area contributed by atoms with Crippen LogP contribution >= 0.6 is 11.6 Å². The standard InChI is InChI=1S/C12H18ClN3O2/c1-8(2)16(3)5-4-14-11-10(13)6-9(7-15-11)12(17)18/h6-8H,4-5H2,1-3H3,(H,14,15)(H,17,18). The van der Waals surface area contributed by atoms with Crippen molar-refractivity contribution < 1.29 is 9.90 Å². The minimum Gasteiger partial charge on any atom is -0.478 e. The van der Waals surface area contributed by atoms with Gasteiger partial charge in [-0.1, -0.05) is 11.6 Å². The van der Waals surface area contributed by atoms with Gasteiger partial charge in [0.15, 0.2) is 0 Å². The van der Waals surface area contributed by atoms with E-state index in [9.17, 15) is 4.79 Å². The number of aromatic carboxylic acids is 1. The van der Waals surface area contributed by atoms with E-state index < -0.39 is 5.97 Å². The first-order valence-electron chi connectivity index (χ1n) is 5.74. The number of rotatable bonds is 6. The molecule has 0 bridgehead atoms. The zero-order valence-electron chi connectivity index (χ0n) is 10.8. The number of aromatic nitrogens is 1. The molecule has 1 rings (SSSR count). The Morgan fingerprint density at radius 3 is 2.78 bits per heavy atom. The quantitative estimate of drug-likeness (QED) is 0.830. The topological polar surface area (TPSA) is 65.5 Å². The predicted octanol–water partition coefficient (Wildman–Crippen LogP) is 2.19. The number of carbonyl (C=O) groups is 1. The summed E-state index contributed by atoms with van der Waals surface area (Å²) in [5.41, 5.74) is 0.0878. The number of nitrogens with zero attached hydrogens (tertiary/aromatic N) is 2. The first-order valence-corrected chi connectivity index (χ1v) is 6.12. The Kier molecular flexibility index (Phi) is 5.37. The molecule has 0 fully saturated rings. The van der Waals surface area contributed by atoms with Gasteiger partial charge in [-0.2, -0.15) is 0 Å². The second kappa shape index (κ2) is 6.56. The van der Waals surface area contributed by atoms with Gasteiger partial charge in [-0.15, -0.1) is 0 Å². The number of halogens is 1. The summed E-state index contributed by atoms with van der Waals surface area (Å²) in [6.07, 6.45) is 1.29. The number of nitrogens with one attached hydrogen (secondary N) is 1. The van der Waals surface area contributed by atoms with Crippen LogP contribution in [0.3, 0.4) is 0 Å². The summed E-state index contributed by atoms with van der Waals surface area (Å²) in [5, 5.41) is 12.2. The van der Waals surface area contributed by atoms with Crippen LogP contribution in [0.15, 0.2) is 12.3 Å². The number of likely N-dealkylation sites (N-methyl/N-ethyl adjacent to an activating group) is 1. The Labute approximate surface area is 112 Å². The predicted molar refractivity (Wildman–Crippen MR) is 72.5 cm³/mol.